The molecule has 1 rings (SSSR count). The summed E-state index contributed by atoms with van der Waals surface area (Å²) in [6, 6.07) is 0. The summed E-state index contributed by atoms with van der Waals surface area (Å²) in [5.41, 5.74) is 0. The molecule has 0 fully saturated rings. The molecular formula is C11H18O. The minimum absolute atomic E-state index is 0.241. The topological polar surface area (TPSA) is 17.1 Å². The normalized spacial score (nSPS) is 41.3. The van der Waals surface area contributed by atoms with Gasteiger partial charge in [0.15, 0.2) is 0 Å². The number of carbonyl (C=O) groups is 1. The lowest BCUT2D eigenvalue weighted by atomic mass is 9.71. The maximum atomic E-state index is 11.3. The molecule has 4 atom stereocenters. The molecule has 0 N–H and O–H groups in total. The zero-order valence-electron chi connectivity index (χ0n) is 8.37. The predicted molar refractivity (Wildman–Crippen MR) is 50.8 cm³/mol. The standard InChI is InChI=1S/C11H18O/c1-7-5-6-8(2)11(9(7)3)10(4)12/h5-9,11H,1-4H3/t7-,8-,9+,11-/m1/s1. The van der Waals surface area contributed by atoms with Gasteiger partial charge in [-0.3, -0.25) is 4.79 Å². The fourth-order valence-electron chi connectivity index (χ4n) is 2.19. The van der Waals surface area contributed by atoms with Crippen molar-refractivity contribution in [3.8, 4) is 0 Å². The lowest BCUT2D eigenvalue weighted by molar-refractivity contribution is -0.124. The van der Waals surface area contributed by atoms with Gasteiger partial charge in [0.25, 0.3) is 0 Å². The first-order chi connectivity index (χ1) is 5.54. The second-order valence-corrected chi connectivity index (χ2v) is 4.10. The maximum Gasteiger partial charge on any atom is 0.133 e. The van der Waals surface area contributed by atoms with Crippen LogP contribution in [0.1, 0.15) is 27.7 Å². The second-order valence-electron chi connectivity index (χ2n) is 4.10. The summed E-state index contributed by atoms with van der Waals surface area (Å²) in [4.78, 5) is 11.3. The van der Waals surface area contributed by atoms with Crippen LogP contribution < -0.4 is 0 Å². The van der Waals surface area contributed by atoms with E-state index in [1.807, 2.05) is 0 Å². The van der Waals surface area contributed by atoms with Crippen molar-refractivity contribution < 1.29 is 4.79 Å². The molecule has 68 valence electrons. The molecule has 0 aromatic rings. The van der Waals surface area contributed by atoms with Crippen LogP contribution in [0, 0.1) is 23.7 Å². The molecule has 0 saturated carbocycles. The first kappa shape index (κ1) is 9.50. The highest BCUT2D eigenvalue weighted by Gasteiger charge is 2.31. The van der Waals surface area contributed by atoms with Gasteiger partial charge in [-0.1, -0.05) is 32.9 Å². The lowest BCUT2D eigenvalue weighted by Crippen LogP contribution is -2.31. The number of ketones is 1. The molecule has 0 saturated heterocycles. The summed E-state index contributed by atoms with van der Waals surface area (Å²) >= 11 is 0. The fourth-order valence-corrected chi connectivity index (χ4v) is 2.19. The average Bonchev–Trinajstić information content (AvgIpc) is 1.97. The molecule has 0 radical (unpaired) electrons. The van der Waals surface area contributed by atoms with Crippen molar-refractivity contribution in [2.75, 3.05) is 0 Å². The SMILES string of the molecule is CC(=O)[C@H]1[C@@H](C)[C@H](C)C=C[C@H]1C. The van der Waals surface area contributed by atoms with E-state index in [2.05, 4.69) is 32.9 Å². The van der Waals surface area contributed by atoms with Gasteiger partial charge < -0.3 is 0 Å². The van der Waals surface area contributed by atoms with Crippen molar-refractivity contribution in [2.45, 2.75) is 27.7 Å². The van der Waals surface area contributed by atoms with Crippen LogP contribution in [0.2, 0.25) is 0 Å². The Morgan fingerprint density at radius 3 is 2.00 bits per heavy atom. The van der Waals surface area contributed by atoms with Gasteiger partial charge in [-0.15, -0.1) is 0 Å². The fraction of sp³-hybridized carbons (Fsp3) is 0.727. The third-order valence-electron chi connectivity index (χ3n) is 3.15. The highest BCUT2D eigenvalue weighted by molar-refractivity contribution is 5.79. The number of rotatable bonds is 1. The van der Waals surface area contributed by atoms with Crippen molar-refractivity contribution in [3.63, 3.8) is 0 Å². The third kappa shape index (κ3) is 1.60. The van der Waals surface area contributed by atoms with Crippen molar-refractivity contribution >= 4 is 5.78 Å². The number of hydrogen-bond donors (Lipinski definition) is 0. The molecule has 0 aliphatic heterocycles. The second kappa shape index (κ2) is 3.42. The highest BCUT2D eigenvalue weighted by Crippen LogP contribution is 2.33. The van der Waals surface area contributed by atoms with E-state index in [0.29, 0.717) is 23.5 Å². The zero-order valence-corrected chi connectivity index (χ0v) is 8.37. The Morgan fingerprint density at radius 1 is 1.08 bits per heavy atom. The molecule has 1 heteroatoms. The van der Waals surface area contributed by atoms with E-state index in [9.17, 15) is 4.79 Å². The number of carbonyl (C=O) groups excluding carboxylic acids is 1. The first-order valence-corrected chi connectivity index (χ1v) is 4.72. The Morgan fingerprint density at radius 2 is 1.58 bits per heavy atom. The van der Waals surface area contributed by atoms with Crippen LogP contribution in [0.3, 0.4) is 0 Å². The molecule has 0 spiro atoms. The van der Waals surface area contributed by atoms with Crippen LogP contribution in [-0.2, 0) is 4.79 Å². The third-order valence-corrected chi connectivity index (χ3v) is 3.15. The summed E-state index contributed by atoms with van der Waals surface area (Å²) in [6.45, 7) is 8.20. The Balaban J connectivity index is 2.84. The van der Waals surface area contributed by atoms with Gasteiger partial charge in [-0.05, 0) is 24.7 Å². The molecule has 0 aromatic carbocycles. The van der Waals surface area contributed by atoms with E-state index >= 15 is 0 Å². The molecule has 12 heavy (non-hydrogen) atoms. The van der Waals surface area contributed by atoms with Gasteiger partial charge in [0.1, 0.15) is 5.78 Å². The average molecular weight is 166 g/mol. The van der Waals surface area contributed by atoms with Gasteiger partial charge in [0, 0.05) is 5.92 Å². The molecule has 1 aliphatic rings. The van der Waals surface area contributed by atoms with Crippen LogP contribution in [0.25, 0.3) is 0 Å². The summed E-state index contributed by atoms with van der Waals surface area (Å²) in [5, 5.41) is 0. The number of allylic oxidation sites excluding steroid dienone is 2. The Bertz CT molecular complexity index is 205. The molecule has 0 amide bonds. The predicted octanol–water partition coefficient (Wildman–Crippen LogP) is 2.67. The van der Waals surface area contributed by atoms with E-state index in [1.54, 1.807) is 6.92 Å². The minimum atomic E-state index is 0.241. The smallest absolute Gasteiger partial charge is 0.133 e. The first-order valence-electron chi connectivity index (χ1n) is 4.72. The summed E-state index contributed by atoms with van der Waals surface area (Å²) in [6.07, 6.45) is 4.41. The maximum absolute atomic E-state index is 11.3. The summed E-state index contributed by atoms with van der Waals surface area (Å²) in [5.74, 6) is 2.06. The summed E-state index contributed by atoms with van der Waals surface area (Å²) < 4.78 is 0. The molecule has 0 aromatic heterocycles. The van der Waals surface area contributed by atoms with Gasteiger partial charge in [0.2, 0.25) is 0 Å². The molecule has 1 nitrogen and oxygen atoms in total. The van der Waals surface area contributed by atoms with Gasteiger partial charge in [0.05, 0.1) is 0 Å². The van der Waals surface area contributed by atoms with Crippen LogP contribution in [0.15, 0.2) is 12.2 Å². The quantitative estimate of drug-likeness (QED) is 0.547. The Kier molecular flexibility index (Phi) is 2.71. The van der Waals surface area contributed by atoms with Crippen molar-refractivity contribution in [2.24, 2.45) is 23.7 Å². The molecule has 0 unspecified atom stereocenters. The van der Waals surface area contributed by atoms with Crippen molar-refractivity contribution in [1.82, 2.24) is 0 Å². The summed E-state index contributed by atoms with van der Waals surface area (Å²) in [7, 11) is 0. The Hall–Kier alpha value is -0.590. The lowest BCUT2D eigenvalue weighted by Gasteiger charge is -2.32. The van der Waals surface area contributed by atoms with Crippen LogP contribution in [0.5, 0.6) is 0 Å². The van der Waals surface area contributed by atoms with E-state index in [-0.39, 0.29) is 5.92 Å². The van der Waals surface area contributed by atoms with E-state index in [1.165, 1.54) is 0 Å². The van der Waals surface area contributed by atoms with Crippen LogP contribution >= 0.6 is 0 Å². The number of hydrogen-bond acceptors (Lipinski definition) is 1. The van der Waals surface area contributed by atoms with Crippen LogP contribution in [-0.4, -0.2) is 5.78 Å². The van der Waals surface area contributed by atoms with E-state index in [4.69, 9.17) is 0 Å². The molecular weight excluding hydrogens is 148 g/mol. The van der Waals surface area contributed by atoms with E-state index in [0.717, 1.165) is 0 Å². The van der Waals surface area contributed by atoms with Crippen molar-refractivity contribution in [1.29, 1.82) is 0 Å². The minimum Gasteiger partial charge on any atom is -0.300 e. The van der Waals surface area contributed by atoms with Gasteiger partial charge in [-0.25, -0.2) is 0 Å². The largest absolute Gasteiger partial charge is 0.300 e. The Labute approximate surface area is 74.9 Å². The molecule has 0 heterocycles. The van der Waals surface area contributed by atoms with Gasteiger partial charge >= 0.3 is 0 Å². The monoisotopic (exact) mass is 166 g/mol. The van der Waals surface area contributed by atoms with Gasteiger partial charge in [-0.2, -0.15) is 0 Å². The molecule has 0 bridgehead atoms. The molecule has 1 aliphatic carbocycles. The zero-order chi connectivity index (χ0) is 9.30. The van der Waals surface area contributed by atoms with E-state index < -0.39 is 0 Å². The number of Topliss-reactive ketones (excluding diaryl/α,β-unsaturated/α-hetero) is 1. The van der Waals surface area contributed by atoms with Crippen LogP contribution in [0.4, 0.5) is 0 Å². The van der Waals surface area contributed by atoms with Crippen molar-refractivity contribution in [3.05, 3.63) is 12.2 Å². The highest BCUT2D eigenvalue weighted by atomic mass is 16.1.